The molecule has 2 atom stereocenters. The van der Waals surface area contributed by atoms with Gasteiger partial charge in [0.05, 0.1) is 6.61 Å². The number of ether oxygens (including phenoxy) is 2. The highest BCUT2D eigenvalue weighted by molar-refractivity contribution is 7.90. The largest absolute Gasteiger partial charge is 0.598 e. The van der Waals surface area contributed by atoms with Crippen LogP contribution in [0.2, 0.25) is 5.02 Å². The van der Waals surface area contributed by atoms with E-state index in [4.69, 9.17) is 16.3 Å². The zero-order chi connectivity index (χ0) is 18.5. The van der Waals surface area contributed by atoms with Gasteiger partial charge in [0.15, 0.2) is 6.04 Å². The van der Waals surface area contributed by atoms with Gasteiger partial charge in [0.1, 0.15) is 10.5 Å². The van der Waals surface area contributed by atoms with Gasteiger partial charge in [-0.3, -0.25) is 0 Å². The summed E-state index contributed by atoms with van der Waals surface area (Å²) in [6.07, 6.45) is 0. The van der Waals surface area contributed by atoms with Gasteiger partial charge in [-0.25, -0.2) is 4.79 Å². The van der Waals surface area contributed by atoms with E-state index in [1.54, 1.807) is 27.7 Å². The fourth-order valence-corrected chi connectivity index (χ4v) is 2.79. The summed E-state index contributed by atoms with van der Waals surface area (Å²) in [6.45, 7) is 3.65. The number of benzene rings is 1. The molecule has 0 fully saturated rings. The third-order valence-electron chi connectivity index (χ3n) is 2.82. The Bertz CT molecular complexity index is 569. The Labute approximate surface area is 148 Å². The van der Waals surface area contributed by atoms with Crippen LogP contribution in [0.25, 0.3) is 0 Å². The summed E-state index contributed by atoms with van der Waals surface area (Å²) in [5, 5.41) is 0.0182. The first-order valence-corrected chi connectivity index (χ1v) is 8.68. The van der Waals surface area contributed by atoms with Crippen LogP contribution in [0.4, 0.5) is 8.78 Å². The van der Waals surface area contributed by atoms with Crippen molar-refractivity contribution in [1.82, 2.24) is 4.72 Å². The summed E-state index contributed by atoms with van der Waals surface area (Å²) in [5.74, 6) is -1.07. The summed E-state index contributed by atoms with van der Waals surface area (Å²) < 4.78 is 48.9. The number of rotatable bonds is 7. The fraction of sp³-hybridized carbons (Fsp3) is 0.533. The predicted molar refractivity (Wildman–Crippen MR) is 88.5 cm³/mol. The van der Waals surface area contributed by atoms with Gasteiger partial charge in [0.25, 0.3) is 0 Å². The Morgan fingerprint density at radius 1 is 1.42 bits per heavy atom. The Kier molecular flexibility index (Phi) is 7.72. The third-order valence-corrected chi connectivity index (χ3v) is 4.71. The normalized spacial score (nSPS) is 14.4. The number of carbonyl (C=O) groups excluding carboxylic acids is 1. The molecule has 0 spiro atoms. The van der Waals surface area contributed by atoms with Crippen LogP contribution in [0.3, 0.4) is 0 Å². The van der Waals surface area contributed by atoms with Crippen LogP contribution in [0.5, 0.6) is 5.75 Å². The number of alkyl halides is 2. The zero-order valence-electron chi connectivity index (χ0n) is 13.8. The molecule has 0 heterocycles. The lowest BCUT2D eigenvalue weighted by atomic mass is 10.1. The number of nitrogens with one attached hydrogen (secondary N) is 1. The molecule has 0 aliphatic carbocycles. The molecule has 0 saturated carbocycles. The predicted octanol–water partition coefficient (Wildman–Crippen LogP) is 3.60. The van der Waals surface area contributed by atoms with Crippen LogP contribution in [0.1, 0.15) is 39.3 Å². The van der Waals surface area contributed by atoms with Gasteiger partial charge >= 0.3 is 12.6 Å². The summed E-state index contributed by atoms with van der Waals surface area (Å²) >= 11 is 4.40. The van der Waals surface area contributed by atoms with Crippen molar-refractivity contribution in [3.05, 3.63) is 28.8 Å². The van der Waals surface area contributed by atoms with Gasteiger partial charge in [-0.2, -0.15) is 8.78 Å². The molecule has 5 nitrogen and oxygen atoms in total. The summed E-state index contributed by atoms with van der Waals surface area (Å²) in [7, 11) is 0. The molecule has 1 rings (SSSR count). The first-order valence-electron chi connectivity index (χ1n) is 7.15. The second-order valence-electron chi connectivity index (χ2n) is 5.71. The monoisotopic (exact) mass is 383 g/mol. The number of hydrogen-bond acceptors (Lipinski definition) is 5. The highest BCUT2D eigenvalue weighted by Gasteiger charge is 2.37. The molecule has 0 saturated heterocycles. The zero-order valence-corrected chi connectivity index (χ0v) is 15.3. The standard InChI is InChI=1S/C15H20ClF2NO4S/c1-5-22-13(20)12(19-24(21)15(2,3)4)11-9(16)7-6-8-10(11)23-14(17)18/h6-8,12,14,19H,5H2,1-4H3/t12?,24-/m0/s1. The quantitative estimate of drug-likeness (QED) is 0.575. The van der Waals surface area contributed by atoms with E-state index in [0.717, 1.165) is 0 Å². The van der Waals surface area contributed by atoms with E-state index in [0.29, 0.717) is 0 Å². The minimum absolute atomic E-state index is 0.0182. The van der Waals surface area contributed by atoms with Crippen molar-refractivity contribution in [1.29, 1.82) is 0 Å². The fourth-order valence-electron chi connectivity index (χ4n) is 1.73. The lowest BCUT2D eigenvalue weighted by Crippen LogP contribution is -2.44. The smallest absolute Gasteiger partial charge is 0.387 e. The van der Waals surface area contributed by atoms with Crippen LogP contribution < -0.4 is 9.46 Å². The number of carbonyl (C=O) groups is 1. The van der Waals surface area contributed by atoms with Gasteiger partial charge in [0.2, 0.25) is 0 Å². The maximum absolute atomic E-state index is 12.6. The Morgan fingerprint density at radius 2 is 2.04 bits per heavy atom. The minimum Gasteiger partial charge on any atom is -0.598 e. The first-order chi connectivity index (χ1) is 11.1. The van der Waals surface area contributed by atoms with Crippen molar-refractivity contribution in [2.45, 2.75) is 45.1 Å². The van der Waals surface area contributed by atoms with Gasteiger partial charge < -0.3 is 14.0 Å². The summed E-state index contributed by atoms with van der Waals surface area (Å²) in [5.41, 5.74) is -0.0458. The molecule has 9 heteroatoms. The molecule has 0 aliphatic rings. The van der Waals surface area contributed by atoms with Crippen molar-refractivity contribution in [3.63, 3.8) is 0 Å². The van der Waals surface area contributed by atoms with Crippen molar-refractivity contribution >= 4 is 28.9 Å². The topological polar surface area (TPSA) is 70.6 Å². The van der Waals surface area contributed by atoms with Gasteiger partial charge in [-0.05, 0) is 39.8 Å². The average Bonchev–Trinajstić information content (AvgIpc) is 2.44. The highest BCUT2D eigenvalue weighted by atomic mass is 35.5. The van der Waals surface area contributed by atoms with Gasteiger partial charge in [-0.15, -0.1) is 4.72 Å². The highest BCUT2D eigenvalue weighted by Crippen LogP contribution is 2.35. The van der Waals surface area contributed by atoms with Crippen LogP contribution in [-0.4, -0.2) is 28.5 Å². The Hall–Kier alpha value is -1.09. The van der Waals surface area contributed by atoms with Crippen molar-refractivity contribution < 1.29 is 27.6 Å². The van der Waals surface area contributed by atoms with E-state index in [2.05, 4.69) is 9.46 Å². The molecule has 1 aromatic rings. The molecule has 1 unspecified atom stereocenters. The lowest BCUT2D eigenvalue weighted by Gasteiger charge is -2.28. The molecule has 24 heavy (non-hydrogen) atoms. The molecule has 0 bridgehead atoms. The van der Waals surface area contributed by atoms with Crippen molar-refractivity contribution in [3.8, 4) is 5.75 Å². The molecule has 0 amide bonds. The molecule has 0 aliphatic heterocycles. The van der Waals surface area contributed by atoms with Crippen LogP contribution in [0.15, 0.2) is 18.2 Å². The number of esters is 1. The molecular formula is C15H20ClF2NO4S. The second kappa shape index (κ2) is 8.84. The molecule has 1 aromatic carbocycles. The van der Waals surface area contributed by atoms with E-state index in [9.17, 15) is 18.1 Å². The van der Waals surface area contributed by atoms with Crippen molar-refractivity contribution in [2.24, 2.45) is 0 Å². The maximum atomic E-state index is 12.6. The summed E-state index contributed by atoms with van der Waals surface area (Å²) in [6, 6.07) is 2.77. The van der Waals surface area contributed by atoms with E-state index in [-0.39, 0.29) is 22.9 Å². The van der Waals surface area contributed by atoms with Crippen LogP contribution in [-0.2, 0) is 20.9 Å². The third kappa shape index (κ3) is 5.77. The molecule has 1 N–H and O–H groups in total. The number of halogens is 3. The summed E-state index contributed by atoms with van der Waals surface area (Å²) in [4.78, 5) is 12.3. The van der Waals surface area contributed by atoms with Crippen molar-refractivity contribution in [2.75, 3.05) is 6.61 Å². The minimum atomic E-state index is -3.10. The van der Waals surface area contributed by atoms with Crippen LogP contribution in [0, 0.1) is 0 Å². The maximum Gasteiger partial charge on any atom is 0.387 e. The molecule has 0 aromatic heterocycles. The Balaban J connectivity index is 3.31. The van der Waals surface area contributed by atoms with E-state index >= 15 is 0 Å². The van der Waals surface area contributed by atoms with Gasteiger partial charge in [0, 0.05) is 21.9 Å². The SMILES string of the molecule is CCOC(=O)C(N[S@@+]([O-])C(C)(C)C)c1c(Cl)cccc1OC(F)F. The Morgan fingerprint density at radius 3 is 2.54 bits per heavy atom. The number of hydrogen-bond donors (Lipinski definition) is 1. The van der Waals surface area contributed by atoms with Crippen LogP contribution >= 0.6 is 11.6 Å². The molecule has 0 radical (unpaired) electrons. The van der Waals surface area contributed by atoms with E-state index in [1.807, 2.05) is 0 Å². The molecular weight excluding hydrogens is 364 g/mol. The first kappa shape index (κ1) is 21.0. The van der Waals surface area contributed by atoms with Gasteiger partial charge in [-0.1, -0.05) is 17.7 Å². The second-order valence-corrected chi connectivity index (χ2v) is 8.12. The van der Waals surface area contributed by atoms with E-state index < -0.39 is 34.7 Å². The lowest BCUT2D eigenvalue weighted by molar-refractivity contribution is -0.145. The average molecular weight is 384 g/mol. The molecule has 136 valence electrons. The van der Waals surface area contributed by atoms with E-state index in [1.165, 1.54) is 18.2 Å².